The van der Waals surface area contributed by atoms with Gasteiger partial charge in [0.05, 0.1) is 11.2 Å². The Balaban J connectivity index is 1.65. The molecule has 1 N–H and O–H groups in total. The largest absolute Gasteiger partial charge is 0.305 e. The average molecular weight is 442 g/mol. The van der Waals surface area contributed by atoms with E-state index in [1.807, 2.05) is 60.7 Å². The molecule has 0 saturated carbocycles. The number of aromatic nitrogens is 4. The van der Waals surface area contributed by atoms with E-state index in [1.54, 1.807) is 30.6 Å². The van der Waals surface area contributed by atoms with Crippen LogP contribution in [-0.2, 0) is 0 Å². The lowest BCUT2D eigenvalue weighted by Crippen LogP contribution is -2.23. The summed E-state index contributed by atoms with van der Waals surface area (Å²) < 4.78 is 1.34. The van der Waals surface area contributed by atoms with E-state index in [0.717, 1.165) is 38.7 Å². The van der Waals surface area contributed by atoms with E-state index >= 15 is 0 Å². The van der Waals surface area contributed by atoms with E-state index in [1.165, 1.54) is 10.6 Å². The molecule has 0 spiro atoms. The van der Waals surface area contributed by atoms with E-state index in [0.29, 0.717) is 5.65 Å². The first kappa shape index (κ1) is 19.8. The van der Waals surface area contributed by atoms with Crippen molar-refractivity contribution in [3.63, 3.8) is 0 Å². The first-order chi connectivity index (χ1) is 16.7. The average Bonchev–Trinajstić information content (AvgIpc) is 2.88. The minimum Gasteiger partial charge on any atom is -0.305 e. The molecule has 0 aliphatic rings. The molecule has 6 rings (SSSR count). The van der Waals surface area contributed by atoms with E-state index in [-0.39, 0.29) is 16.8 Å². The van der Waals surface area contributed by atoms with E-state index in [9.17, 15) is 9.59 Å². The third-order valence-corrected chi connectivity index (χ3v) is 5.85. The Morgan fingerprint density at radius 2 is 1.59 bits per heavy atom. The summed E-state index contributed by atoms with van der Waals surface area (Å²) in [5.74, 6) is 0. The topological polar surface area (TPSA) is 80.6 Å². The second-order valence-electron chi connectivity index (χ2n) is 7.99. The van der Waals surface area contributed by atoms with Crippen molar-refractivity contribution in [2.45, 2.75) is 0 Å². The van der Waals surface area contributed by atoms with Gasteiger partial charge < -0.3 is 4.98 Å². The van der Waals surface area contributed by atoms with Crippen LogP contribution in [0.4, 0.5) is 0 Å². The minimum atomic E-state index is -0.378. The van der Waals surface area contributed by atoms with Crippen LogP contribution in [0.3, 0.4) is 0 Å². The lowest BCUT2D eigenvalue weighted by atomic mass is 9.97. The molecular formula is C28H18N4O2. The molecule has 0 amide bonds. The highest BCUT2D eigenvalue weighted by Gasteiger charge is 2.15. The highest BCUT2D eigenvalue weighted by atomic mass is 16.1. The van der Waals surface area contributed by atoms with Gasteiger partial charge in [0.1, 0.15) is 11.3 Å². The van der Waals surface area contributed by atoms with Gasteiger partial charge in [0.2, 0.25) is 0 Å². The summed E-state index contributed by atoms with van der Waals surface area (Å²) in [4.78, 5) is 37.4. The summed E-state index contributed by atoms with van der Waals surface area (Å²) in [7, 11) is 0. The summed E-state index contributed by atoms with van der Waals surface area (Å²) in [5.41, 5.74) is 4.58. The fourth-order valence-electron chi connectivity index (χ4n) is 4.21. The van der Waals surface area contributed by atoms with E-state index in [2.05, 4.69) is 16.0 Å². The van der Waals surface area contributed by atoms with Crippen molar-refractivity contribution < 1.29 is 0 Å². The molecule has 0 unspecified atom stereocenters. The molecule has 0 aliphatic carbocycles. The summed E-state index contributed by atoms with van der Waals surface area (Å²) in [6.07, 6.45) is 3.36. The number of nitrogens with one attached hydrogen (secondary N) is 1. The summed E-state index contributed by atoms with van der Waals surface area (Å²) >= 11 is 0. The molecule has 0 fully saturated rings. The summed E-state index contributed by atoms with van der Waals surface area (Å²) in [6, 6.07) is 28.4. The van der Waals surface area contributed by atoms with Crippen molar-refractivity contribution in [1.82, 2.24) is 19.5 Å². The maximum atomic E-state index is 12.9. The van der Waals surface area contributed by atoms with Gasteiger partial charge in [-0.1, -0.05) is 48.5 Å². The zero-order valence-electron chi connectivity index (χ0n) is 18.0. The molecule has 162 valence electrons. The highest BCUT2D eigenvalue weighted by molar-refractivity contribution is 5.93. The Kier molecular flexibility index (Phi) is 4.63. The Labute approximate surface area is 193 Å². The van der Waals surface area contributed by atoms with Crippen LogP contribution in [0.1, 0.15) is 0 Å². The molecule has 6 nitrogen and oxygen atoms in total. The van der Waals surface area contributed by atoms with Crippen LogP contribution < -0.4 is 11.1 Å². The quantitative estimate of drug-likeness (QED) is 0.420. The minimum absolute atomic E-state index is 0.251. The van der Waals surface area contributed by atoms with Crippen LogP contribution in [0.25, 0.3) is 50.0 Å². The number of hydrogen-bond donors (Lipinski definition) is 1. The number of aromatic amines is 1. The molecule has 34 heavy (non-hydrogen) atoms. The van der Waals surface area contributed by atoms with Gasteiger partial charge in [-0.3, -0.25) is 19.1 Å². The maximum absolute atomic E-state index is 12.9. The van der Waals surface area contributed by atoms with Crippen LogP contribution in [-0.4, -0.2) is 19.5 Å². The third-order valence-electron chi connectivity index (χ3n) is 5.85. The molecule has 0 bridgehead atoms. The fraction of sp³-hybridized carbons (Fsp3) is 0. The van der Waals surface area contributed by atoms with Gasteiger partial charge in [-0.15, -0.1) is 0 Å². The predicted octanol–water partition coefficient (Wildman–Crippen LogP) is 4.96. The van der Waals surface area contributed by atoms with Gasteiger partial charge in [-0.2, -0.15) is 0 Å². The third kappa shape index (κ3) is 3.38. The Bertz CT molecular complexity index is 1800. The van der Waals surface area contributed by atoms with Gasteiger partial charge in [0.15, 0.2) is 0 Å². The van der Waals surface area contributed by atoms with Crippen molar-refractivity contribution in [1.29, 1.82) is 0 Å². The van der Waals surface area contributed by atoms with Gasteiger partial charge in [0, 0.05) is 40.4 Å². The lowest BCUT2D eigenvalue weighted by Gasteiger charge is -2.13. The molecule has 4 heterocycles. The number of hydrogen-bond acceptors (Lipinski definition) is 4. The number of pyridine rings is 4. The van der Waals surface area contributed by atoms with Gasteiger partial charge in [0.25, 0.3) is 11.1 Å². The molecule has 0 saturated heterocycles. The number of fused-ring (bicyclic) bond motifs is 2. The fourth-order valence-corrected chi connectivity index (χ4v) is 4.21. The highest BCUT2D eigenvalue weighted by Crippen LogP contribution is 2.34. The second kappa shape index (κ2) is 7.94. The molecule has 0 aliphatic heterocycles. The lowest BCUT2D eigenvalue weighted by molar-refractivity contribution is 0.965. The Morgan fingerprint density at radius 3 is 2.44 bits per heavy atom. The van der Waals surface area contributed by atoms with Crippen LogP contribution in [0.15, 0.2) is 113 Å². The standard InChI is InChI=1S/C28H18N4O2/c33-25-10-4-5-14-32(25)24-17-21-16-22(19-11-12-23-20(15-19)9-6-13-29-23)26(18-7-2-1-3-8-18)30-27(21)31-28(24)34/h1-17H,(H,30,31,34). The molecule has 0 atom stereocenters. The number of rotatable bonds is 3. The molecule has 6 heteroatoms. The molecule has 6 aromatic rings. The normalized spacial score (nSPS) is 11.2. The molecular weight excluding hydrogens is 424 g/mol. The monoisotopic (exact) mass is 442 g/mol. The van der Waals surface area contributed by atoms with E-state index in [4.69, 9.17) is 4.98 Å². The van der Waals surface area contributed by atoms with Crippen molar-refractivity contribution in [3.8, 4) is 28.1 Å². The summed E-state index contributed by atoms with van der Waals surface area (Å²) in [5, 5.41) is 1.75. The van der Waals surface area contributed by atoms with Crippen molar-refractivity contribution in [2.24, 2.45) is 0 Å². The molecule has 0 radical (unpaired) electrons. The number of H-pyrrole nitrogens is 1. The smallest absolute Gasteiger partial charge is 0.273 e. The first-order valence-corrected chi connectivity index (χ1v) is 10.8. The maximum Gasteiger partial charge on any atom is 0.273 e. The SMILES string of the molecule is O=c1[nH]c2nc(-c3ccccc3)c(-c3ccc4ncccc4c3)cc2cc1-n1ccccc1=O. The van der Waals surface area contributed by atoms with Crippen molar-refractivity contribution in [3.05, 3.63) is 124 Å². The second-order valence-corrected chi connectivity index (χ2v) is 7.99. The van der Waals surface area contributed by atoms with E-state index < -0.39 is 0 Å². The molecule has 2 aromatic carbocycles. The number of nitrogens with zero attached hydrogens (tertiary/aromatic N) is 3. The van der Waals surface area contributed by atoms with Crippen molar-refractivity contribution >= 4 is 21.9 Å². The molecule has 4 aromatic heterocycles. The zero-order chi connectivity index (χ0) is 23.1. The van der Waals surface area contributed by atoms with Crippen molar-refractivity contribution in [2.75, 3.05) is 0 Å². The number of benzene rings is 2. The first-order valence-electron chi connectivity index (χ1n) is 10.8. The zero-order valence-corrected chi connectivity index (χ0v) is 18.0. The Hall–Kier alpha value is -4.84. The van der Waals surface area contributed by atoms with Gasteiger partial charge in [-0.05, 0) is 42.0 Å². The predicted molar refractivity (Wildman–Crippen MR) is 134 cm³/mol. The van der Waals surface area contributed by atoms with Crippen LogP contribution in [0, 0.1) is 0 Å². The van der Waals surface area contributed by atoms with Crippen LogP contribution >= 0.6 is 0 Å². The van der Waals surface area contributed by atoms with Crippen LogP contribution in [0.5, 0.6) is 0 Å². The van der Waals surface area contributed by atoms with Crippen LogP contribution in [0.2, 0.25) is 0 Å². The Morgan fingerprint density at radius 1 is 0.735 bits per heavy atom. The van der Waals surface area contributed by atoms with Gasteiger partial charge >= 0.3 is 0 Å². The van der Waals surface area contributed by atoms with Gasteiger partial charge in [-0.25, -0.2) is 4.98 Å². The summed E-state index contributed by atoms with van der Waals surface area (Å²) in [6.45, 7) is 0.